The fraction of sp³-hybridized carbons (Fsp3) is 0.400. The first kappa shape index (κ1) is 21.8. The molecule has 0 heterocycles. The van der Waals surface area contributed by atoms with Crippen molar-refractivity contribution in [1.29, 1.82) is 0 Å². The van der Waals surface area contributed by atoms with Gasteiger partial charge in [0.2, 0.25) is 0 Å². The number of esters is 1. The van der Waals surface area contributed by atoms with E-state index in [1.165, 1.54) is 14.0 Å². The maximum Gasteiger partial charge on any atom is 0.307 e. The summed E-state index contributed by atoms with van der Waals surface area (Å²) in [4.78, 5) is 22.6. The molecule has 0 saturated heterocycles. The van der Waals surface area contributed by atoms with E-state index in [4.69, 9.17) is 9.47 Å². The van der Waals surface area contributed by atoms with Crippen LogP contribution >= 0.6 is 0 Å². The molecule has 0 radical (unpaired) electrons. The molecule has 0 bridgehead atoms. The number of ether oxygens (including phenoxy) is 2. The average molecular weight is 408 g/mol. The van der Waals surface area contributed by atoms with Crippen LogP contribution < -0.4 is 0 Å². The van der Waals surface area contributed by atoms with Gasteiger partial charge in [-0.1, -0.05) is 42.5 Å². The molecule has 28 heavy (non-hydrogen) atoms. The first-order chi connectivity index (χ1) is 13.2. The van der Waals surface area contributed by atoms with Gasteiger partial charge < -0.3 is 14.6 Å². The quantitative estimate of drug-likeness (QED) is 0.600. The Morgan fingerprint density at radius 2 is 1.75 bits per heavy atom. The second-order valence-electron chi connectivity index (χ2n) is 6.61. The number of aliphatic carboxylic acids is 1. The lowest BCUT2D eigenvalue weighted by Gasteiger charge is -2.18. The highest BCUT2D eigenvalue weighted by Crippen LogP contribution is 2.22. The SMILES string of the molecule is COC(COC(C)=O)CS(=O)(=O)C[C@@H](Cc1cccc2ccccc12)C(=O)O. The maximum atomic E-state index is 12.5. The second-order valence-corrected chi connectivity index (χ2v) is 8.77. The van der Waals surface area contributed by atoms with E-state index >= 15 is 0 Å². The fourth-order valence-corrected chi connectivity index (χ4v) is 4.81. The van der Waals surface area contributed by atoms with Crippen molar-refractivity contribution in [2.75, 3.05) is 25.2 Å². The first-order valence-electron chi connectivity index (χ1n) is 8.78. The zero-order valence-corrected chi connectivity index (χ0v) is 16.6. The molecular weight excluding hydrogens is 384 g/mol. The number of rotatable bonds is 10. The van der Waals surface area contributed by atoms with Gasteiger partial charge in [-0.05, 0) is 22.8 Å². The standard InChI is InChI=1S/C20H24O7S/c1-14(21)27-11-18(26-2)13-28(24,25)12-17(20(22)23)10-16-8-5-7-15-6-3-4-9-19(15)16/h3-9,17-18H,10-13H2,1-2H3,(H,22,23)/t17-,18?/m1/s1. The van der Waals surface area contributed by atoms with Crippen LogP contribution in [-0.2, 0) is 35.3 Å². The van der Waals surface area contributed by atoms with Crippen molar-refractivity contribution in [2.45, 2.75) is 19.4 Å². The number of sulfone groups is 1. The van der Waals surface area contributed by atoms with Crippen molar-refractivity contribution in [1.82, 2.24) is 0 Å². The van der Waals surface area contributed by atoms with Gasteiger partial charge in [0.25, 0.3) is 0 Å². The van der Waals surface area contributed by atoms with Gasteiger partial charge in [0.15, 0.2) is 9.84 Å². The number of benzene rings is 2. The molecule has 0 aliphatic carbocycles. The number of carbonyl (C=O) groups is 2. The van der Waals surface area contributed by atoms with Crippen molar-refractivity contribution >= 4 is 32.5 Å². The van der Waals surface area contributed by atoms with E-state index in [9.17, 15) is 23.1 Å². The van der Waals surface area contributed by atoms with Crippen LogP contribution in [0.5, 0.6) is 0 Å². The number of carboxylic acids is 1. The Labute approximate surface area is 164 Å². The summed E-state index contributed by atoms with van der Waals surface area (Å²) in [7, 11) is -2.44. The molecule has 0 fully saturated rings. The molecule has 2 atom stereocenters. The van der Waals surface area contributed by atoms with Gasteiger partial charge in [0.05, 0.1) is 17.4 Å². The Bertz CT molecular complexity index is 931. The van der Waals surface area contributed by atoms with Crippen LogP contribution in [0.2, 0.25) is 0 Å². The fourth-order valence-electron chi connectivity index (χ4n) is 3.01. The summed E-state index contributed by atoms with van der Waals surface area (Å²) in [5, 5.41) is 11.4. The molecule has 2 aromatic carbocycles. The molecule has 0 amide bonds. The molecule has 2 aromatic rings. The maximum absolute atomic E-state index is 12.5. The van der Waals surface area contributed by atoms with E-state index in [-0.39, 0.29) is 13.0 Å². The monoisotopic (exact) mass is 408 g/mol. The van der Waals surface area contributed by atoms with E-state index in [1.54, 1.807) is 0 Å². The number of carbonyl (C=O) groups excluding carboxylic acids is 1. The third-order valence-corrected chi connectivity index (χ3v) is 6.19. The smallest absolute Gasteiger partial charge is 0.307 e. The Balaban J connectivity index is 2.15. The Kier molecular flexibility index (Phi) is 7.53. The molecule has 0 saturated carbocycles. The van der Waals surface area contributed by atoms with E-state index in [1.807, 2.05) is 42.5 Å². The Morgan fingerprint density at radius 1 is 1.07 bits per heavy atom. The van der Waals surface area contributed by atoms with Gasteiger partial charge in [-0.25, -0.2) is 8.42 Å². The molecule has 0 spiro atoms. The van der Waals surface area contributed by atoms with Crippen LogP contribution in [0.3, 0.4) is 0 Å². The van der Waals surface area contributed by atoms with Crippen LogP contribution in [0.4, 0.5) is 0 Å². The minimum atomic E-state index is -3.76. The van der Waals surface area contributed by atoms with Crippen LogP contribution in [0.15, 0.2) is 42.5 Å². The average Bonchev–Trinajstić information content (AvgIpc) is 2.64. The Morgan fingerprint density at radius 3 is 2.39 bits per heavy atom. The minimum Gasteiger partial charge on any atom is -0.481 e. The van der Waals surface area contributed by atoms with Gasteiger partial charge in [0, 0.05) is 14.0 Å². The van der Waals surface area contributed by atoms with Crippen molar-refractivity contribution < 1.29 is 32.6 Å². The highest BCUT2D eigenvalue weighted by Gasteiger charge is 2.29. The van der Waals surface area contributed by atoms with Gasteiger partial charge in [-0.3, -0.25) is 9.59 Å². The van der Waals surface area contributed by atoms with Gasteiger partial charge >= 0.3 is 11.9 Å². The van der Waals surface area contributed by atoms with Crippen LogP contribution in [-0.4, -0.2) is 56.8 Å². The summed E-state index contributed by atoms with van der Waals surface area (Å²) in [6, 6.07) is 13.1. The largest absolute Gasteiger partial charge is 0.481 e. The zero-order chi connectivity index (χ0) is 20.7. The number of hydrogen-bond donors (Lipinski definition) is 1. The number of carboxylic acid groups (broad SMARTS) is 1. The number of hydrogen-bond acceptors (Lipinski definition) is 6. The molecule has 7 nitrogen and oxygen atoms in total. The van der Waals surface area contributed by atoms with Crippen LogP contribution in [0.1, 0.15) is 12.5 Å². The predicted molar refractivity (Wildman–Crippen MR) is 105 cm³/mol. The zero-order valence-electron chi connectivity index (χ0n) is 15.8. The van der Waals surface area contributed by atoms with Crippen molar-refractivity contribution in [3.05, 3.63) is 48.0 Å². The second kappa shape index (κ2) is 9.66. The van der Waals surface area contributed by atoms with E-state index in [2.05, 4.69) is 0 Å². The summed E-state index contributed by atoms with van der Waals surface area (Å²) in [6.45, 7) is 1.01. The van der Waals surface area contributed by atoms with Crippen molar-refractivity contribution in [2.24, 2.45) is 5.92 Å². The van der Waals surface area contributed by atoms with E-state index in [0.717, 1.165) is 16.3 Å². The summed E-state index contributed by atoms with van der Waals surface area (Å²) in [6.07, 6.45) is -0.752. The van der Waals surface area contributed by atoms with Crippen LogP contribution in [0.25, 0.3) is 10.8 Å². The molecular formula is C20H24O7S. The van der Waals surface area contributed by atoms with Crippen molar-refractivity contribution in [3.8, 4) is 0 Å². The first-order valence-corrected chi connectivity index (χ1v) is 10.6. The lowest BCUT2D eigenvalue weighted by atomic mass is 9.96. The third-order valence-electron chi connectivity index (χ3n) is 4.40. The normalized spacial score (nSPS) is 13.8. The molecule has 152 valence electrons. The summed E-state index contributed by atoms with van der Waals surface area (Å²) < 4.78 is 34.9. The van der Waals surface area contributed by atoms with Gasteiger partial charge in [-0.15, -0.1) is 0 Å². The number of fused-ring (bicyclic) bond motifs is 1. The molecule has 0 aliphatic heterocycles. The highest BCUT2D eigenvalue weighted by atomic mass is 32.2. The Hall–Kier alpha value is -2.45. The van der Waals surface area contributed by atoms with E-state index < -0.39 is 45.3 Å². The lowest BCUT2D eigenvalue weighted by Crippen LogP contribution is -2.34. The number of methoxy groups -OCH3 is 1. The molecule has 1 N–H and O–H groups in total. The predicted octanol–water partition coefficient (Wildman–Crippen LogP) is 2.08. The highest BCUT2D eigenvalue weighted by molar-refractivity contribution is 7.91. The topological polar surface area (TPSA) is 107 Å². The van der Waals surface area contributed by atoms with Gasteiger partial charge in [-0.2, -0.15) is 0 Å². The van der Waals surface area contributed by atoms with Crippen molar-refractivity contribution in [3.63, 3.8) is 0 Å². The summed E-state index contributed by atoms with van der Waals surface area (Å²) in [5.74, 6) is -3.76. The molecule has 2 rings (SSSR count). The van der Waals surface area contributed by atoms with E-state index in [0.29, 0.717) is 0 Å². The molecule has 0 aromatic heterocycles. The molecule has 1 unspecified atom stereocenters. The van der Waals surface area contributed by atoms with Gasteiger partial charge in [0.1, 0.15) is 12.7 Å². The minimum absolute atomic E-state index is 0.0948. The lowest BCUT2D eigenvalue weighted by molar-refractivity contribution is -0.144. The summed E-state index contributed by atoms with van der Waals surface area (Å²) in [5.41, 5.74) is 0.781. The molecule has 0 aliphatic rings. The molecule has 8 heteroatoms. The summed E-state index contributed by atoms with van der Waals surface area (Å²) >= 11 is 0. The third kappa shape index (κ3) is 6.31. The van der Waals surface area contributed by atoms with Crippen LogP contribution in [0, 0.1) is 5.92 Å².